The minimum absolute atomic E-state index is 0.125. The van der Waals surface area contributed by atoms with Crippen molar-refractivity contribution in [1.82, 2.24) is 20.1 Å². The first-order valence-electron chi connectivity index (χ1n) is 9.25. The summed E-state index contributed by atoms with van der Waals surface area (Å²) in [6.07, 6.45) is 9.43. The molecule has 3 aromatic rings. The van der Waals surface area contributed by atoms with E-state index in [0.29, 0.717) is 6.04 Å². The van der Waals surface area contributed by atoms with Gasteiger partial charge in [-0.2, -0.15) is 5.10 Å². The summed E-state index contributed by atoms with van der Waals surface area (Å²) < 4.78 is 1.93. The van der Waals surface area contributed by atoms with Gasteiger partial charge in [-0.1, -0.05) is 18.2 Å². The monoisotopic (exact) mass is 348 g/mol. The second-order valence-corrected chi connectivity index (χ2v) is 6.91. The van der Waals surface area contributed by atoms with Crippen molar-refractivity contribution in [2.24, 2.45) is 0 Å². The van der Waals surface area contributed by atoms with Gasteiger partial charge in [-0.05, 0) is 49.9 Å². The number of hydrogen-bond donors (Lipinski definition) is 2. The van der Waals surface area contributed by atoms with E-state index in [4.69, 9.17) is 5.10 Å². The van der Waals surface area contributed by atoms with E-state index in [0.717, 1.165) is 54.7 Å². The summed E-state index contributed by atoms with van der Waals surface area (Å²) in [6, 6.07) is 14.6. The first-order chi connectivity index (χ1) is 12.8. The van der Waals surface area contributed by atoms with Crippen LogP contribution in [0.4, 0.5) is 0 Å². The Bertz CT molecular complexity index is 824. The Morgan fingerprint density at radius 3 is 2.58 bits per heavy atom. The molecule has 0 saturated heterocycles. The Labute approximate surface area is 153 Å². The van der Waals surface area contributed by atoms with Crippen molar-refractivity contribution in [2.75, 3.05) is 0 Å². The number of nitrogens with one attached hydrogen (secondary N) is 1. The fourth-order valence-electron chi connectivity index (χ4n) is 3.53. The molecule has 0 spiro atoms. The van der Waals surface area contributed by atoms with Gasteiger partial charge in [-0.15, -0.1) is 0 Å². The smallest absolute Gasteiger partial charge is 0.0988 e. The molecule has 1 fully saturated rings. The average molecular weight is 348 g/mol. The van der Waals surface area contributed by atoms with Gasteiger partial charge >= 0.3 is 0 Å². The van der Waals surface area contributed by atoms with Crippen LogP contribution in [0.3, 0.4) is 0 Å². The fourth-order valence-corrected chi connectivity index (χ4v) is 3.53. The van der Waals surface area contributed by atoms with Crippen LogP contribution in [-0.4, -0.2) is 32.0 Å². The van der Waals surface area contributed by atoms with Crippen molar-refractivity contribution in [3.8, 4) is 16.9 Å². The summed E-state index contributed by atoms with van der Waals surface area (Å²) in [4.78, 5) is 4.25. The lowest BCUT2D eigenvalue weighted by atomic mass is 9.93. The highest BCUT2D eigenvalue weighted by atomic mass is 16.3. The quantitative estimate of drug-likeness (QED) is 0.742. The van der Waals surface area contributed by atoms with Crippen molar-refractivity contribution < 1.29 is 5.11 Å². The first kappa shape index (κ1) is 16.9. The van der Waals surface area contributed by atoms with Gasteiger partial charge in [0.05, 0.1) is 17.5 Å². The van der Waals surface area contributed by atoms with Gasteiger partial charge in [0.2, 0.25) is 0 Å². The average Bonchev–Trinajstić information content (AvgIpc) is 3.13. The number of rotatable bonds is 5. The molecule has 0 unspecified atom stereocenters. The normalized spacial score (nSPS) is 20.2. The zero-order chi connectivity index (χ0) is 17.8. The number of aliphatic hydroxyl groups excluding tert-OH is 1. The van der Waals surface area contributed by atoms with Crippen LogP contribution < -0.4 is 5.32 Å². The van der Waals surface area contributed by atoms with E-state index in [1.165, 1.54) is 0 Å². The minimum atomic E-state index is -0.125. The van der Waals surface area contributed by atoms with Gasteiger partial charge < -0.3 is 10.4 Å². The Hall–Kier alpha value is -2.50. The number of hydrogen-bond acceptors (Lipinski definition) is 4. The number of para-hydroxylation sites is 1. The number of aromatic nitrogens is 3. The number of aliphatic hydroxyl groups is 1. The van der Waals surface area contributed by atoms with E-state index < -0.39 is 0 Å². The van der Waals surface area contributed by atoms with Gasteiger partial charge in [0.25, 0.3) is 0 Å². The first-order valence-corrected chi connectivity index (χ1v) is 9.25. The van der Waals surface area contributed by atoms with Gasteiger partial charge in [-0.25, -0.2) is 4.68 Å². The molecule has 134 valence electrons. The van der Waals surface area contributed by atoms with Gasteiger partial charge in [-0.3, -0.25) is 4.98 Å². The Balaban J connectivity index is 1.58. The summed E-state index contributed by atoms with van der Waals surface area (Å²) in [5.41, 5.74) is 4.20. The molecular weight excluding hydrogens is 324 g/mol. The van der Waals surface area contributed by atoms with Crippen LogP contribution in [0.25, 0.3) is 16.9 Å². The fraction of sp³-hybridized carbons (Fsp3) is 0.333. The van der Waals surface area contributed by atoms with Crippen molar-refractivity contribution in [2.45, 2.75) is 44.4 Å². The van der Waals surface area contributed by atoms with Gasteiger partial charge in [0.1, 0.15) is 0 Å². The number of nitrogens with zero attached hydrogens (tertiary/aromatic N) is 3. The molecule has 5 heteroatoms. The molecule has 4 rings (SSSR count). The summed E-state index contributed by atoms with van der Waals surface area (Å²) in [7, 11) is 0. The van der Waals surface area contributed by atoms with E-state index >= 15 is 0 Å². The number of benzene rings is 1. The van der Waals surface area contributed by atoms with Crippen LogP contribution in [0.1, 0.15) is 31.2 Å². The van der Waals surface area contributed by atoms with Crippen LogP contribution in [0, 0.1) is 0 Å². The van der Waals surface area contributed by atoms with E-state index in [2.05, 4.69) is 28.6 Å². The summed E-state index contributed by atoms with van der Waals surface area (Å²) >= 11 is 0. The van der Waals surface area contributed by atoms with E-state index in [1.807, 2.05) is 41.2 Å². The Kier molecular flexibility index (Phi) is 5.09. The van der Waals surface area contributed by atoms with Crippen LogP contribution >= 0.6 is 0 Å². The predicted octanol–water partition coefficient (Wildman–Crippen LogP) is 3.33. The lowest BCUT2D eigenvalue weighted by Crippen LogP contribution is -2.34. The standard InChI is InChI=1S/C21H24N4O/c26-20-10-8-18(9-11-20)23-14-17-15-25(19-6-2-1-3-7-19)24-21(17)16-5-4-12-22-13-16/h1-7,12-13,15,18,20,23,26H,8-11,14H2. The van der Waals surface area contributed by atoms with Crippen LogP contribution in [-0.2, 0) is 6.54 Å². The van der Waals surface area contributed by atoms with Crippen LogP contribution in [0.15, 0.2) is 61.1 Å². The van der Waals surface area contributed by atoms with E-state index in [-0.39, 0.29) is 6.10 Å². The maximum Gasteiger partial charge on any atom is 0.0988 e. The molecule has 2 N–H and O–H groups in total. The SMILES string of the molecule is OC1CCC(NCc2cn(-c3ccccc3)nc2-c2cccnc2)CC1. The van der Waals surface area contributed by atoms with E-state index in [9.17, 15) is 5.11 Å². The molecule has 0 radical (unpaired) electrons. The second kappa shape index (κ2) is 7.81. The molecule has 0 amide bonds. The zero-order valence-corrected chi connectivity index (χ0v) is 14.8. The third-order valence-electron chi connectivity index (χ3n) is 5.02. The highest BCUT2D eigenvalue weighted by Crippen LogP contribution is 2.24. The highest BCUT2D eigenvalue weighted by molar-refractivity contribution is 5.62. The molecule has 1 aliphatic carbocycles. The van der Waals surface area contributed by atoms with Gasteiger partial charge in [0, 0.05) is 42.3 Å². The number of pyridine rings is 1. The summed E-state index contributed by atoms with van der Waals surface area (Å²) in [5.74, 6) is 0. The maximum atomic E-state index is 9.69. The Morgan fingerprint density at radius 2 is 1.85 bits per heavy atom. The van der Waals surface area contributed by atoms with Crippen molar-refractivity contribution in [3.63, 3.8) is 0 Å². The molecule has 2 aromatic heterocycles. The van der Waals surface area contributed by atoms with Crippen LogP contribution in [0.2, 0.25) is 0 Å². The molecule has 1 aliphatic rings. The maximum absolute atomic E-state index is 9.69. The molecule has 5 nitrogen and oxygen atoms in total. The van der Waals surface area contributed by atoms with E-state index in [1.54, 1.807) is 6.20 Å². The van der Waals surface area contributed by atoms with Crippen molar-refractivity contribution >= 4 is 0 Å². The highest BCUT2D eigenvalue weighted by Gasteiger charge is 2.20. The molecule has 26 heavy (non-hydrogen) atoms. The van der Waals surface area contributed by atoms with Gasteiger partial charge in [0.15, 0.2) is 0 Å². The molecule has 2 heterocycles. The lowest BCUT2D eigenvalue weighted by molar-refractivity contribution is 0.116. The molecule has 0 aliphatic heterocycles. The Morgan fingerprint density at radius 1 is 1.04 bits per heavy atom. The lowest BCUT2D eigenvalue weighted by Gasteiger charge is -2.26. The molecule has 0 atom stereocenters. The minimum Gasteiger partial charge on any atom is -0.393 e. The third kappa shape index (κ3) is 3.84. The van der Waals surface area contributed by atoms with Crippen molar-refractivity contribution in [3.05, 3.63) is 66.6 Å². The summed E-state index contributed by atoms with van der Waals surface area (Å²) in [5, 5.41) is 18.2. The summed E-state index contributed by atoms with van der Waals surface area (Å²) in [6.45, 7) is 0.762. The topological polar surface area (TPSA) is 63.0 Å². The second-order valence-electron chi connectivity index (χ2n) is 6.91. The predicted molar refractivity (Wildman–Crippen MR) is 102 cm³/mol. The molecule has 1 aromatic carbocycles. The molecule has 1 saturated carbocycles. The molecular formula is C21H24N4O. The van der Waals surface area contributed by atoms with Crippen LogP contribution in [0.5, 0.6) is 0 Å². The molecule has 0 bridgehead atoms. The van der Waals surface area contributed by atoms with Crippen molar-refractivity contribution in [1.29, 1.82) is 0 Å². The largest absolute Gasteiger partial charge is 0.393 e. The zero-order valence-electron chi connectivity index (χ0n) is 14.8. The third-order valence-corrected chi connectivity index (χ3v) is 5.02.